The number of carboxylic acids is 1. The van der Waals surface area contributed by atoms with Gasteiger partial charge in [-0.1, -0.05) is 31.6 Å². The summed E-state index contributed by atoms with van der Waals surface area (Å²) in [5, 5.41) is 23.4. The minimum Gasteiger partial charge on any atom is -0.478 e. The molecule has 3 N–H and O–H groups in total. The molecule has 1 amide bonds. The molecule has 0 saturated heterocycles. The minimum atomic E-state index is -1.56. The maximum absolute atomic E-state index is 13.4. The molecule has 0 aromatic heterocycles. The fourth-order valence-electron chi connectivity index (χ4n) is 8.64. The lowest BCUT2D eigenvalue weighted by molar-refractivity contribution is -0.170. The number of hydrogen-bond acceptors (Lipinski definition) is 7. The average Bonchev–Trinajstić information content (AvgIpc) is 3.25. The van der Waals surface area contributed by atoms with Crippen LogP contribution in [-0.4, -0.2) is 51.8 Å². The quantitative estimate of drug-likeness (QED) is 0.370. The van der Waals surface area contributed by atoms with Gasteiger partial charge < -0.3 is 20.3 Å². The number of benzene rings is 1. The van der Waals surface area contributed by atoms with E-state index in [2.05, 4.69) is 12.2 Å². The van der Waals surface area contributed by atoms with Gasteiger partial charge in [0.2, 0.25) is 11.7 Å². The molecule has 0 unspecified atom stereocenters. The van der Waals surface area contributed by atoms with E-state index in [0.717, 1.165) is 37.7 Å². The van der Waals surface area contributed by atoms with Crippen molar-refractivity contribution in [1.29, 1.82) is 0 Å². The van der Waals surface area contributed by atoms with Gasteiger partial charge in [-0.2, -0.15) is 0 Å². The van der Waals surface area contributed by atoms with E-state index in [1.807, 2.05) is 13.0 Å². The summed E-state index contributed by atoms with van der Waals surface area (Å²) in [4.78, 5) is 61.0. The van der Waals surface area contributed by atoms with Crippen LogP contribution >= 0.6 is 0 Å². The molecule has 0 radical (unpaired) electrons. The van der Waals surface area contributed by atoms with Crippen LogP contribution < -0.4 is 5.32 Å². The Labute approximate surface area is 246 Å². The number of hydrogen-bond donors (Lipinski definition) is 3. The highest BCUT2D eigenvalue weighted by Crippen LogP contribution is 2.67. The molecule has 0 spiro atoms. The van der Waals surface area contributed by atoms with Crippen molar-refractivity contribution in [2.45, 2.75) is 90.2 Å². The highest BCUT2D eigenvalue weighted by atomic mass is 16.5. The van der Waals surface area contributed by atoms with Gasteiger partial charge in [-0.25, -0.2) is 4.79 Å². The number of carbonyl (C=O) groups excluding carboxylic acids is 4. The van der Waals surface area contributed by atoms with Crippen LogP contribution in [0.15, 0.2) is 35.9 Å². The van der Waals surface area contributed by atoms with Gasteiger partial charge in [0.1, 0.15) is 5.60 Å². The average molecular weight is 580 g/mol. The van der Waals surface area contributed by atoms with Gasteiger partial charge in [0, 0.05) is 24.8 Å². The Hall–Kier alpha value is -3.33. The van der Waals surface area contributed by atoms with Gasteiger partial charge in [-0.3, -0.25) is 19.2 Å². The summed E-state index contributed by atoms with van der Waals surface area (Å²) in [6, 6.07) is 6.12. The number of aliphatic hydroxyl groups is 1. The number of carboxylic acid groups (broad SMARTS) is 1. The van der Waals surface area contributed by atoms with Crippen molar-refractivity contribution in [2.24, 2.45) is 28.6 Å². The number of ketones is 2. The topological polar surface area (TPSA) is 147 Å². The van der Waals surface area contributed by atoms with E-state index in [1.54, 1.807) is 12.1 Å². The first-order valence-electron chi connectivity index (χ1n) is 15.1. The molecule has 6 atom stereocenters. The fraction of sp³-hybridized carbons (Fsp3) is 0.606. The summed E-state index contributed by atoms with van der Waals surface area (Å²) in [6.07, 6.45) is 7.59. The van der Waals surface area contributed by atoms with E-state index in [-0.39, 0.29) is 48.0 Å². The first-order valence-corrected chi connectivity index (χ1v) is 15.1. The van der Waals surface area contributed by atoms with Crippen LogP contribution in [0.1, 0.15) is 94.0 Å². The molecule has 9 heteroatoms. The maximum atomic E-state index is 13.4. The van der Waals surface area contributed by atoms with Crippen molar-refractivity contribution in [3.63, 3.8) is 0 Å². The molecule has 0 aliphatic heterocycles. The lowest BCUT2D eigenvalue weighted by Crippen LogP contribution is -2.58. The summed E-state index contributed by atoms with van der Waals surface area (Å²) < 4.78 is 5.23. The summed E-state index contributed by atoms with van der Waals surface area (Å²) >= 11 is 0. The Bertz CT molecular complexity index is 1320. The summed E-state index contributed by atoms with van der Waals surface area (Å²) in [7, 11) is 0. The Morgan fingerprint density at radius 3 is 2.38 bits per heavy atom. The Morgan fingerprint density at radius 2 is 1.67 bits per heavy atom. The second kappa shape index (κ2) is 11.4. The molecular formula is C33H41NO8. The van der Waals surface area contributed by atoms with Gasteiger partial charge in [-0.05, 0) is 91.9 Å². The van der Waals surface area contributed by atoms with E-state index in [1.165, 1.54) is 17.7 Å². The molecule has 0 bridgehead atoms. The number of ether oxygens (including phenoxy) is 1. The zero-order valence-electron chi connectivity index (χ0n) is 24.4. The summed E-state index contributed by atoms with van der Waals surface area (Å²) in [6.45, 7) is 4.00. The Balaban J connectivity index is 1.11. The van der Waals surface area contributed by atoms with Crippen LogP contribution in [0.4, 0.5) is 0 Å². The molecular weight excluding hydrogens is 538 g/mol. The second-order valence-corrected chi connectivity index (χ2v) is 13.2. The van der Waals surface area contributed by atoms with Crippen LogP contribution in [0.3, 0.4) is 0 Å². The molecule has 5 rings (SSSR count). The minimum absolute atomic E-state index is 0.00959. The molecule has 9 nitrogen and oxygen atoms in total. The van der Waals surface area contributed by atoms with Gasteiger partial charge in [-0.15, -0.1) is 0 Å². The highest BCUT2D eigenvalue weighted by molar-refractivity contribution is 5.92. The Kier molecular flexibility index (Phi) is 8.18. The van der Waals surface area contributed by atoms with E-state index < -0.39 is 35.3 Å². The van der Waals surface area contributed by atoms with E-state index in [9.17, 15) is 29.1 Å². The number of fused-ring (bicyclic) bond motifs is 5. The van der Waals surface area contributed by atoms with Crippen LogP contribution in [-0.2, 0) is 30.5 Å². The largest absolute Gasteiger partial charge is 0.478 e. The first-order chi connectivity index (χ1) is 19.9. The Morgan fingerprint density at radius 1 is 0.952 bits per heavy atom. The van der Waals surface area contributed by atoms with Crippen molar-refractivity contribution >= 4 is 29.4 Å². The zero-order chi connectivity index (χ0) is 30.3. The van der Waals surface area contributed by atoms with Crippen molar-refractivity contribution in [3.8, 4) is 0 Å². The van der Waals surface area contributed by atoms with Crippen molar-refractivity contribution < 1.29 is 38.9 Å². The van der Waals surface area contributed by atoms with Crippen LogP contribution in [0.2, 0.25) is 0 Å². The number of esters is 1. The van der Waals surface area contributed by atoms with E-state index in [0.29, 0.717) is 31.1 Å². The molecule has 4 aliphatic rings. The maximum Gasteiger partial charge on any atom is 0.335 e. The first kappa shape index (κ1) is 30.1. The van der Waals surface area contributed by atoms with Gasteiger partial charge in [0.25, 0.3) is 0 Å². The van der Waals surface area contributed by atoms with Gasteiger partial charge in [0.15, 0.2) is 12.4 Å². The normalized spacial score (nSPS) is 33.5. The molecule has 3 fully saturated rings. The molecule has 4 aliphatic carbocycles. The van der Waals surface area contributed by atoms with Crippen molar-refractivity contribution in [3.05, 3.63) is 47.0 Å². The second-order valence-electron chi connectivity index (χ2n) is 13.2. The number of aromatic carboxylic acids is 1. The fourth-order valence-corrected chi connectivity index (χ4v) is 8.64. The van der Waals surface area contributed by atoms with Crippen molar-refractivity contribution in [1.82, 2.24) is 5.32 Å². The highest BCUT2D eigenvalue weighted by Gasteiger charge is 2.66. The van der Waals surface area contributed by atoms with E-state index >= 15 is 0 Å². The van der Waals surface area contributed by atoms with Gasteiger partial charge in [0.05, 0.1) is 12.0 Å². The number of rotatable bonds is 9. The van der Waals surface area contributed by atoms with Crippen molar-refractivity contribution in [2.75, 3.05) is 6.61 Å². The molecule has 3 saturated carbocycles. The third kappa shape index (κ3) is 5.32. The van der Waals surface area contributed by atoms with Crippen LogP contribution in [0.5, 0.6) is 0 Å². The smallest absolute Gasteiger partial charge is 0.335 e. The SMILES string of the molecule is C[C@]12CCC(=O)C=C1CC[C@H]1[C@H]2CC[C@@]2(C)[C@H]1CC[C@]2(O)C(=O)COC(=O)CCC(=O)NCc1ccc(C(=O)O)cc1. The number of Topliss-reactive ketones (excluding diaryl/α,β-unsaturated/α-hetero) is 1. The predicted octanol–water partition coefficient (Wildman–Crippen LogP) is 4.16. The number of nitrogens with one attached hydrogen (secondary N) is 1. The van der Waals surface area contributed by atoms with Gasteiger partial charge >= 0.3 is 11.9 Å². The summed E-state index contributed by atoms with van der Waals surface area (Å²) in [5.74, 6) is -1.31. The molecule has 226 valence electrons. The van der Waals surface area contributed by atoms with Crippen LogP contribution in [0.25, 0.3) is 0 Å². The van der Waals surface area contributed by atoms with Crippen LogP contribution in [0, 0.1) is 28.6 Å². The lowest BCUT2D eigenvalue weighted by atomic mass is 9.46. The standard InChI is InChI=1S/C33H41NO8/c1-31-14-11-23(35)17-22(31)7-8-24-25(31)12-15-32(2)26(24)13-16-33(32,41)27(36)19-42-29(38)10-9-28(37)34-18-20-3-5-21(6-4-20)30(39)40/h3-6,17,24-26,41H,7-16,18-19H2,1-2H3,(H,34,37)(H,39,40)/t24-,25+,26-,31-,32-,33-/m0/s1. The third-order valence-corrected chi connectivity index (χ3v) is 11.2. The number of amides is 1. The summed E-state index contributed by atoms with van der Waals surface area (Å²) in [5.41, 5.74) is 0.0103. The molecule has 1 aromatic rings. The zero-order valence-corrected chi connectivity index (χ0v) is 24.4. The monoisotopic (exact) mass is 579 g/mol. The molecule has 0 heterocycles. The molecule has 42 heavy (non-hydrogen) atoms. The van der Waals surface area contributed by atoms with E-state index in [4.69, 9.17) is 9.84 Å². The third-order valence-electron chi connectivity index (χ3n) is 11.2. The lowest BCUT2D eigenvalue weighted by Gasteiger charge is -2.58. The predicted molar refractivity (Wildman–Crippen MR) is 152 cm³/mol. The number of allylic oxidation sites excluding steroid dienone is 1. The number of carbonyl (C=O) groups is 5. The molecule has 1 aromatic carbocycles.